The molecule has 4 rings (SSSR count). The maximum Gasteiger partial charge on any atom is 0.416 e. The number of hydrogen-bond acceptors (Lipinski definition) is 7. The normalized spacial score (nSPS) is 15.8. The minimum absolute atomic E-state index is 0.0236. The van der Waals surface area contributed by atoms with E-state index >= 15 is 0 Å². The number of hydrogen-bond donors (Lipinski definition) is 0. The highest BCUT2D eigenvalue weighted by Gasteiger charge is 2.34. The molecule has 12 heteroatoms. The van der Waals surface area contributed by atoms with Gasteiger partial charge in [-0.05, 0) is 29.6 Å². The van der Waals surface area contributed by atoms with E-state index in [0.29, 0.717) is 24.2 Å². The van der Waals surface area contributed by atoms with Gasteiger partial charge in [-0.3, -0.25) is 4.98 Å². The van der Waals surface area contributed by atoms with Crippen molar-refractivity contribution < 1.29 is 31.1 Å². The van der Waals surface area contributed by atoms with Crippen LogP contribution in [0.2, 0.25) is 0 Å². The number of halogens is 3. The predicted octanol–water partition coefficient (Wildman–Crippen LogP) is 3.61. The molecule has 0 bridgehead atoms. The van der Waals surface area contributed by atoms with E-state index in [-0.39, 0.29) is 28.4 Å². The number of aromatic nitrogens is 1. The number of alkyl halides is 3. The van der Waals surface area contributed by atoms with Crippen LogP contribution in [0, 0.1) is 0 Å². The molecule has 0 N–H and O–H groups in total. The smallest absolute Gasteiger partial charge is 0.416 e. The summed E-state index contributed by atoms with van der Waals surface area (Å²) in [5, 5.41) is 2.08. The zero-order valence-electron chi connectivity index (χ0n) is 16.8. The molecule has 1 aromatic carbocycles. The van der Waals surface area contributed by atoms with Gasteiger partial charge in [0.15, 0.2) is 0 Å². The van der Waals surface area contributed by atoms with E-state index in [1.165, 1.54) is 35.1 Å². The third-order valence-electron chi connectivity index (χ3n) is 5.24. The second-order valence-corrected chi connectivity index (χ2v) is 9.88. The van der Waals surface area contributed by atoms with Crippen molar-refractivity contribution in [2.75, 3.05) is 38.2 Å². The molecule has 0 aliphatic carbocycles. The molecule has 0 radical (unpaired) electrons. The summed E-state index contributed by atoms with van der Waals surface area (Å²) in [7, 11) is -2.71. The monoisotopic (exact) mass is 485 g/mol. The second-order valence-electron chi connectivity index (χ2n) is 7.06. The molecule has 0 spiro atoms. The number of nitrogens with zero attached hydrogens (tertiary/aromatic N) is 3. The van der Waals surface area contributed by atoms with Crippen LogP contribution < -0.4 is 4.90 Å². The van der Waals surface area contributed by atoms with Crippen LogP contribution in [-0.2, 0) is 20.9 Å². The van der Waals surface area contributed by atoms with Crippen LogP contribution >= 0.6 is 11.3 Å². The number of sulfonamides is 1. The third kappa shape index (κ3) is 4.05. The number of rotatable bonds is 4. The summed E-state index contributed by atoms with van der Waals surface area (Å²) in [5.41, 5.74) is 0.127. The predicted molar refractivity (Wildman–Crippen MR) is 113 cm³/mol. The van der Waals surface area contributed by atoms with Gasteiger partial charge in [-0.1, -0.05) is 6.07 Å². The van der Waals surface area contributed by atoms with Crippen LogP contribution in [0.4, 0.5) is 18.9 Å². The van der Waals surface area contributed by atoms with Gasteiger partial charge >= 0.3 is 12.1 Å². The van der Waals surface area contributed by atoms with Gasteiger partial charge in [-0.25, -0.2) is 13.2 Å². The number of pyridine rings is 1. The number of ether oxygens (including phenoxy) is 1. The molecule has 7 nitrogen and oxygen atoms in total. The standard InChI is InChI=1S/C20H18F3N3O4S2/c1-30-19(27)18-17(5-11-31-18)32(28,29)26-9-7-25(8-10-26)16-4-6-24-15-12-13(20(21,22)23)2-3-14(15)16/h2-6,11-12H,7-10H2,1H3. The van der Waals surface area contributed by atoms with Crippen LogP contribution in [0.1, 0.15) is 15.2 Å². The summed E-state index contributed by atoms with van der Waals surface area (Å²) in [4.78, 5) is 17.8. The van der Waals surface area contributed by atoms with Crippen molar-refractivity contribution in [2.45, 2.75) is 11.1 Å². The van der Waals surface area contributed by atoms with Gasteiger partial charge in [0.25, 0.3) is 0 Å². The topological polar surface area (TPSA) is 79.8 Å². The van der Waals surface area contributed by atoms with E-state index in [9.17, 15) is 26.4 Å². The first-order valence-corrected chi connectivity index (χ1v) is 11.8. The van der Waals surface area contributed by atoms with E-state index < -0.39 is 27.7 Å². The lowest BCUT2D eigenvalue weighted by Gasteiger charge is -2.35. The molecule has 170 valence electrons. The molecule has 0 saturated carbocycles. The Morgan fingerprint density at radius 2 is 1.84 bits per heavy atom. The fraction of sp³-hybridized carbons (Fsp3) is 0.300. The lowest BCUT2D eigenvalue weighted by atomic mass is 10.1. The van der Waals surface area contributed by atoms with Crippen LogP contribution in [0.5, 0.6) is 0 Å². The van der Waals surface area contributed by atoms with E-state index in [1.807, 2.05) is 4.90 Å². The van der Waals surface area contributed by atoms with Crippen LogP contribution in [0.3, 0.4) is 0 Å². The van der Waals surface area contributed by atoms with Crippen molar-refractivity contribution in [3.63, 3.8) is 0 Å². The molecular formula is C20H18F3N3O4S2. The van der Waals surface area contributed by atoms with Crippen molar-refractivity contribution >= 4 is 43.9 Å². The molecule has 1 aliphatic rings. The summed E-state index contributed by atoms with van der Waals surface area (Å²) in [5.74, 6) is -0.710. The van der Waals surface area contributed by atoms with Crippen LogP contribution in [-0.4, -0.2) is 57.0 Å². The lowest BCUT2D eigenvalue weighted by molar-refractivity contribution is -0.137. The Morgan fingerprint density at radius 3 is 2.50 bits per heavy atom. The number of piperazine rings is 1. The van der Waals surface area contributed by atoms with Crippen LogP contribution in [0.25, 0.3) is 10.9 Å². The Labute approximate surface area is 186 Å². The number of carbonyl (C=O) groups is 1. The van der Waals surface area contributed by atoms with Crippen molar-refractivity contribution in [1.29, 1.82) is 0 Å². The zero-order valence-corrected chi connectivity index (χ0v) is 18.4. The molecule has 1 fully saturated rings. The molecular weight excluding hydrogens is 467 g/mol. The number of benzene rings is 1. The Morgan fingerprint density at radius 1 is 1.12 bits per heavy atom. The summed E-state index contributed by atoms with van der Waals surface area (Å²) < 4.78 is 71.1. The average molecular weight is 486 g/mol. The van der Waals surface area contributed by atoms with Crippen molar-refractivity contribution in [3.05, 3.63) is 52.3 Å². The molecule has 0 unspecified atom stereocenters. The van der Waals surface area contributed by atoms with E-state index in [2.05, 4.69) is 9.72 Å². The first-order valence-electron chi connectivity index (χ1n) is 9.50. The number of esters is 1. The SMILES string of the molecule is COC(=O)c1sccc1S(=O)(=O)N1CCN(c2ccnc3cc(C(F)(F)F)ccc23)CC1. The fourth-order valence-corrected chi connectivity index (χ4v) is 6.37. The number of fused-ring (bicyclic) bond motifs is 1. The Bertz CT molecular complexity index is 1270. The summed E-state index contributed by atoms with van der Waals surface area (Å²) >= 11 is 0.997. The van der Waals surface area contributed by atoms with Crippen molar-refractivity contribution in [3.8, 4) is 0 Å². The second kappa shape index (κ2) is 8.34. The minimum atomic E-state index is -4.46. The summed E-state index contributed by atoms with van der Waals surface area (Å²) in [6, 6.07) is 6.49. The highest BCUT2D eigenvalue weighted by molar-refractivity contribution is 7.89. The zero-order chi connectivity index (χ0) is 23.1. The first kappa shape index (κ1) is 22.5. The lowest BCUT2D eigenvalue weighted by Crippen LogP contribution is -2.48. The average Bonchev–Trinajstić information content (AvgIpc) is 3.28. The molecule has 1 aliphatic heterocycles. The number of anilines is 1. The van der Waals surface area contributed by atoms with Gasteiger partial charge in [0.1, 0.15) is 9.77 Å². The Hall–Kier alpha value is -2.70. The highest BCUT2D eigenvalue weighted by atomic mass is 32.2. The maximum absolute atomic E-state index is 13.1. The molecule has 1 saturated heterocycles. The fourth-order valence-electron chi connectivity index (χ4n) is 3.64. The van der Waals surface area contributed by atoms with Gasteiger partial charge in [-0.2, -0.15) is 17.5 Å². The minimum Gasteiger partial charge on any atom is -0.465 e. The highest BCUT2D eigenvalue weighted by Crippen LogP contribution is 2.34. The molecule has 32 heavy (non-hydrogen) atoms. The molecule has 3 heterocycles. The summed E-state index contributed by atoms with van der Waals surface area (Å²) in [6.07, 6.45) is -3.02. The van der Waals surface area contributed by atoms with E-state index in [4.69, 9.17) is 0 Å². The first-order chi connectivity index (χ1) is 15.1. The molecule has 2 aromatic heterocycles. The number of methoxy groups -OCH3 is 1. The molecule has 3 aromatic rings. The Balaban J connectivity index is 1.56. The van der Waals surface area contributed by atoms with Gasteiger partial charge in [-0.15, -0.1) is 11.3 Å². The van der Waals surface area contributed by atoms with Crippen LogP contribution in [0.15, 0.2) is 46.8 Å². The Kier molecular flexibility index (Phi) is 5.86. The molecule has 0 amide bonds. The van der Waals surface area contributed by atoms with Gasteiger partial charge < -0.3 is 9.64 Å². The van der Waals surface area contributed by atoms with E-state index in [1.54, 1.807) is 6.07 Å². The molecule has 0 atom stereocenters. The number of carbonyl (C=O) groups excluding carboxylic acids is 1. The largest absolute Gasteiger partial charge is 0.465 e. The van der Waals surface area contributed by atoms with E-state index in [0.717, 1.165) is 23.5 Å². The summed E-state index contributed by atoms with van der Waals surface area (Å²) in [6.45, 7) is 0.973. The van der Waals surface area contributed by atoms with Gasteiger partial charge in [0.05, 0.1) is 18.2 Å². The maximum atomic E-state index is 13.1. The van der Waals surface area contributed by atoms with Crippen molar-refractivity contribution in [1.82, 2.24) is 9.29 Å². The third-order valence-corrected chi connectivity index (χ3v) is 8.21. The van der Waals surface area contributed by atoms with Gasteiger partial charge in [0, 0.05) is 43.4 Å². The quantitative estimate of drug-likeness (QED) is 0.526. The number of thiophene rings is 1. The van der Waals surface area contributed by atoms with Crippen molar-refractivity contribution in [2.24, 2.45) is 0 Å². The van der Waals surface area contributed by atoms with Gasteiger partial charge in [0.2, 0.25) is 10.0 Å².